The summed E-state index contributed by atoms with van der Waals surface area (Å²) in [6, 6.07) is 5.85. The highest BCUT2D eigenvalue weighted by atomic mass is 14.8. The molecule has 2 heterocycles. The predicted octanol–water partition coefficient (Wildman–Crippen LogP) is 6.29. The molecule has 0 atom stereocenters. The van der Waals surface area contributed by atoms with Crippen molar-refractivity contribution in [2.24, 2.45) is 0 Å². The first-order valence-electron chi connectivity index (χ1n) is 9.19. The Morgan fingerprint density at radius 3 is 2.58 bits per heavy atom. The van der Waals surface area contributed by atoms with E-state index in [0.29, 0.717) is 5.82 Å². The van der Waals surface area contributed by atoms with Crippen LogP contribution in [0, 0.1) is 0 Å². The zero-order valence-electron chi connectivity index (χ0n) is 16.5. The number of allylic oxidation sites excluding steroid dienone is 5. The van der Waals surface area contributed by atoms with Gasteiger partial charge in [0.05, 0.1) is 0 Å². The minimum atomic E-state index is 0.508. The molecule has 0 saturated heterocycles. The highest BCUT2D eigenvalue weighted by Gasteiger charge is 2.08. The van der Waals surface area contributed by atoms with Gasteiger partial charge in [0.2, 0.25) is 0 Å². The zero-order valence-corrected chi connectivity index (χ0v) is 16.5. The fourth-order valence-electron chi connectivity index (χ4n) is 2.57. The number of H-pyrrole nitrogens is 1. The third kappa shape index (κ3) is 5.62. The van der Waals surface area contributed by atoms with Crippen molar-refractivity contribution in [3.8, 4) is 0 Å². The summed E-state index contributed by atoms with van der Waals surface area (Å²) in [7, 11) is 0. The molecule has 26 heavy (non-hydrogen) atoms. The third-order valence-corrected chi connectivity index (χ3v) is 3.80. The van der Waals surface area contributed by atoms with Crippen LogP contribution in [0.15, 0.2) is 55.8 Å². The number of hydrogen-bond acceptors (Lipinski definition) is 2. The molecule has 0 aliphatic rings. The maximum Gasteiger partial charge on any atom is 0.123 e. The van der Waals surface area contributed by atoms with Gasteiger partial charge in [-0.2, -0.15) is 0 Å². The van der Waals surface area contributed by atoms with Crippen molar-refractivity contribution < 1.29 is 0 Å². The van der Waals surface area contributed by atoms with Gasteiger partial charge < -0.3 is 10.7 Å². The van der Waals surface area contributed by atoms with Crippen LogP contribution in [0.2, 0.25) is 0 Å². The van der Waals surface area contributed by atoms with Gasteiger partial charge in [-0.25, -0.2) is 4.98 Å². The maximum absolute atomic E-state index is 5.65. The van der Waals surface area contributed by atoms with Crippen molar-refractivity contribution in [3.05, 3.63) is 78.3 Å². The van der Waals surface area contributed by atoms with Crippen LogP contribution in [0.3, 0.4) is 0 Å². The summed E-state index contributed by atoms with van der Waals surface area (Å²) in [5.41, 5.74) is 12.0. The van der Waals surface area contributed by atoms with Crippen LogP contribution in [-0.4, -0.2) is 9.97 Å². The fraction of sp³-hybridized carbons (Fsp3) is 0.261. The standard InChI is InChI=1S/C21H25N3.C2H6/c1-5-8-17(12-15(4)18-10-11-21(22)23-14-18)20-13-16(7-3)19(24-20)9-6-2;1-2/h5,7-8,10-14,24H,3-4,6,9H2,1-2H3,(H2,22,23);1-2H3/b8-5-,17-12+;. The minimum absolute atomic E-state index is 0.508. The van der Waals surface area contributed by atoms with Crippen molar-refractivity contribution in [1.82, 2.24) is 9.97 Å². The van der Waals surface area contributed by atoms with Crippen LogP contribution in [0.1, 0.15) is 56.6 Å². The summed E-state index contributed by atoms with van der Waals surface area (Å²) in [5.74, 6) is 0.508. The van der Waals surface area contributed by atoms with E-state index >= 15 is 0 Å². The predicted molar refractivity (Wildman–Crippen MR) is 117 cm³/mol. The average Bonchev–Trinajstić information content (AvgIpc) is 3.07. The number of nitrogens with two attached hydrogens (primary N) is 1. The second-order valence-corrected chi connectivity index (χ2v) is 5.67. The highest BCUT2D eigenvalue weighted by Crippen LogP contribution is 2.25. The SMILES string of the molecule is C=Cc1cc(C(/C=C\C)=C/C(=C)c2ccc(N)nc2)[nH]c1CCC.CC. The van der Waals surface area contributed by atoms with Gasteiger partial charge in [-0.15, -0.1) is 0 Å². The maximum atomic E-state index is 5.65. The van der Waals surface area contributed by atoms with Crippen LogP contribution in [-0.2, 0) is 6.42 Å². The second-order valence-electron chi connectivity index (χ2n) is 5.67. The first-order chi connectivity index (χ1) is 12.6. The number of aromatic nitrogens is 2. The lowest BCUT2D eigenvalue weighted by molar-refractivity contribution is 0.889. The third-order valence-electron chi connectivity index (χ3n) is 3.80. The Kier molecular flexibility index (Phi) is 8.93. The van der Waals surface area contributed by atoms with Crippen molar-refractivity contribution in [2.75, 3.05) is 5.73 Å². The number of aromatic amines is 1. The topological polar surface area (TPSA) is 54.7 Å². The molecular formula is C23H31N3. The Morgan fingerprint density at radius 2 is 2.04 bits per heavy atom. The van der Waals surface area contributed by atoms with Crippen LogP contribution >= 0.6 is 0 Å². The Bertz CT molecular complexity index is 774. The number of nitrogen functional groups attached to an aromatic ring is 1. The van der Waals surface area contributed by atoms with E-state index in [-0.39, 0.29) is 0 Å². The Balaban J connectivity index is 0.00000163. The number of pyridine rings is 1. The smallest absolute Gasteiger partial charge is 0.123 e. The van der Waals surface area contributed by atoms with Crippen LogP contribution < -0.4 is 5.73 Å². The normalized spacial score (nSPS) is 11.2. The monoisotopic (exact) mass is 349 g/mol. The van der Waals surface area contributed by atoms with Gasteiger partial charge in [0.25, 0.3) is 0 Å². The molecule has 2 aromatic rings. The van der Waals surface area contributed by atoms with E-state index in [0.717, 1.165) is 40.8 Å². The van der Waals surface area contributed by atoms with Crippen molar-refractivity contribution in [3.63, 3.8) is 0 Å². The summed E-state index contributed by atoms with van der Waals surface area (Å²) in [5, 5.41) is 0. The average molecular weight is 350 g/mol. The molecule has 0 spiro atoms. The second kappa shape index (κ2) is 10.9. The molecule has 0 aromatic carbocycles. The quantitative estimate of drug-likeness (QED) is 0.577. The summed E-state index contributed by atoms with van der Waals surface area (Å²) in [6.45, 7) is 16.3. The molecular weight excluding hydrogens is 318 g/mol. The highest BCUT2D eigenvalue weighted by molar-refractivity contribution is 5.86. The molecule has 0 aliphatic carbocycles. The van der Waals surface area contributed by atoms with Gasteiger partial charge in [0.15, 0.2) is 0 Å². The lowest BCUT2D eigenvalue weighted by atomic mass is 10.0. The molecule has 2 aromatic heterocycles. The van der Waals surface area contributed by atoms with E-state index in [2.05, 4.69) is 48.3 Å². The Hall–Kier alpha value is -2.81. The van der Waals surface area contributed by atoms with Crippen molar-refractivity contribution in [1.29, 1.82) is 0 Å². The van der Waals surface area contributed by atoms with E-state index in [1.54, 1.807) is 12.3 Å². The number of aryl methyl sites for hydroxylation is 1. The molecule has 3 nitrogen and oxygen atoms in total. The molecule has 3 heteroatoms. The summed E-state index contributed by atoms with van der Waals surface area (Å²) >= 11 is 0. The number of anilines is 1. The molecule has 0 radical (unpaired) electrons. The lowest BCUT2D eigenvalue weighted by Crippen LogP contribution is -1.91. The molecule has 0 saturated carbocycles. The Morgan fingerprint density at radius 1 is 1.31 bits per heavy atom. The largest absolute Gasteiger partial charge is 0.384 e. The van der Waals surface area contributed by atoms with Gasteiger partial charge in [0.1, 0.15) is 5.82 Å². The summed E-state index contributed by atoms with van der Waals surface area (Å²) < 4.78 is 0. The van der Waals surface area contributed by atoms with Gasteiger partial charge in [0, 0.05) is 17.6 Å². The van der Waals surface area contributed by atoms with E-state index in [1.165, 1.54) is 5.69 Å². The van der Waals surface area contributed by atoms with Gasteiger partial charge in [-0.05, 0) is 59.9 Å². The van der Waals surface area contributed by atoms with Crippen LogP contribution in [0.5, 0.6) is 0 Å². The lowest BCUT2D eigenvalue weighted by Gasteiger charge is -2.04. The van der Waals surface area contributed by atoms with Crippen molar-refractivity contribution >= 4 is 23.0 Å². The van der Waals surface area contributed by atoms with E-state index < -0.39 is 0 Å². The molecule has 3 N–H and O–H groups in total. The summed E-state index contributed by atoms with van der Waals surface area (Å²) in [4.78, 5) is 7.65. The zero-order chi connectivity index (χ0) is 19.5. The number of hydrogen-bond donors (Lipinski definition) is 2. The van der Waals surface area contributed by atoms with Gasteiger partial charge in [-0.3, -0.25) is 0 Å². The van der Waals surface area contributed by atoms with Crippen LogP contribution in [0.4, 0.5) is 5.82 Å². The van der Waals surface area contributed by atoms with Crippen molar-refractivity contribution in [2.45, 2.75) is 40.5 Å². The molecule has 0 unspecified atom stereocenters. The summed E-state index contributed by atoms with van der Waals surface area (Å²) in [6.07, 6.45) is 11.9. The van der Waals surface area contributed by atoms with Gasteiger partial charge >= 0.3 is 0 Å². The molecule has 2 rings (SSSR count). The number of nitrogens with one attached hydrogen (secondary N) is 1. The van der Waals surface area contributed by atoms with E-state index in [9.17, 15) is 0 Å². The molecule has 0 fully saturated rings. The first-order valence-corrected chi connectivity index (χ1v) is 9.19. The fourth-order valence-corrected chi connectivity index (χ4v) is 2.57. The molecule has 0 bridgehead atoms. The van der Waals surface area contributed by atoms with Crippen LogP contribution in [0.25, 0.3) is 17.2 Å². The minimum Gasteiger partial charge on any atom is -0.384 e. The number of nitrogens with zero attached hydrogens (tertiary/aromatic N) is 1. The number of rotatable bonds is 7. The molecule has 138 valence electrons. The van der Waals surface area contributed by atoms with E-state index in [1.807, 2.05) is 39.0 Å². The first kappa shape index (κ1) is 21.2. The molecule has 0 aliphatic heterocycles. The van der Waals surface area contributed by atoms with Gasteiger partial charge in [-0.1, -0.05) is 58.6 Å². The van der Waals surface area contributed by atoms with E-state index in [4.69, 9.17) is 5.73 Å². The molecule has 0 amide bonds. The Labute approximate surface area is 158 Å².